The van der Waals surface area contributed by atoms with Crippen LogP contribution in [0.1, 0.15) is 17.2 Å². The Morgan fingerprint density at radius 1 is 0.943 bits per heavy atom. The van der Waals surface area contributed by atoms with Gasteiger partial charge in [0.25, 0.3) is 11.7 Å². The molecule has 1 saturated heterocycles. The monoisotopic (exact) mass is 492 g/mol. The van der Waals surface area contributed by atoms with E-state index in [4.69, 9.17) is 21.1 Å². The van der Waals surface area contributed by atoms with Crippen molar-refractivity contribution >= 4 is 40.4 Å². The minimum Gasteiger partial charge on any atom is -0.507 e. The molecule has 0 bridgehead atoms. The Labute approximate surface area is 208 Å². The van der Waals surface area contributed by atoms with Crippen molar-refractivity contribution in [2.45, 2.75) is 6.04 Å². The smallest absolute Gasteiger partial charge is 0.300 e. The number of halogens is 1. The number of benzene rings is 3. The Hall–Kier alpha value is -3.97. The highest BCUT2D eigenvalue weighted by Gasteiger charge is 2.47. The zero-order valence-corrected chi connectivity index (χ0v) is 20.5. The summed E-state index contributed by atoms with van der Waals surface area (Å²) in [6.07, 6.45) is 0. The number of anilines is 2. The number of hydrogen-bond donors (Lipinski definition) is 1. The van der Waals surface area contributed by atoms with Gasteiger partial charge >= 0.3 is 0 Å². The third kappa shape index (κ3) is 4.31. The van der Waals surface area contributed by atoms with Crippen molar-refractivity contribution in [1.29, 1.82) is 0 Å². The van der Waals surface area contributed by atoms with Crippen LogP contribution in [0.4, 0.5) is 11.4 Å². The Morgan fingerprint density at radius 3 is 2.14 bits per heavy atom. The molecule has 1 fully saturated rings. The van der Waals surface area contributed by atoms with Crippen molar-refractivity contribution in [3.05, 3.63) is 88.5 Å². The van der Waals surface area contributed by atoms with E-state index in [0.29, 0.717) is 17.0 Å². The van der Waals surface area contributed by atoms with E-state index >= 15 is 0 Å². The molecule has 1 heterocycles. The summed E-state index contributed by atoms with van der Waals surface area (Å²) in [5, 5.41) is 11.6. The van der Waals surface area contributed by atoms with Gasteiger partial charge in [0.2, 0.25) is 0 Å². The molecular weight excluding hydrogens is 468 g/mol. The molecule has 7 nitrogen and oxygen atoms in total. The Morgan fingerprint density at radius 2 is 1.57 bits per heavy atom. The number of hydrogen-bond acceptors (Lipinski definition) is 6. The molecule has 8 heteroatoms. The highest BCUT2D eigenvalue weighted by Crippen LogP contribution is 2.44. The van der Waals surface area contributed by atoms with E-state index in [2.05, 4.69) is 0 Å². The zero-order chi connectivity index (χ0) is 25.3. The van der Waals surface area contributed by atoms with E-state index in [0.717, 1.165) is 5.69 Å². The van der Waals surface area contributed by atoms with Gasteiger partial charge in [-0.15, -0.1) is 0 Å². The summed E-state index contributed by atoms with van der Waals surface area (Å²) < 4.78 is 10.7. The predicted octanol–water partition coefficient (Wildman–Crippen LogP) is 5.05. The number of amides is 1. The number of carbonyl (C=O) groups is 2. The van der Waals surface area contributed by atoms with E-state index in [-0.39, 0.29) is 27.7 Å². The lowest BCUT2D eigenvalue weighted by molar-refractivity contribution is -0.132. The number of ketones is 1. The van der Waals surface area contributed by atoms with E-state index in [1.54, 1.807) is 12.1 Å². The van der Waals surface area contributed by atoms with Gasteiger partial charge in [-0.1, -0.05) is 41.9 Å². The first-order chi connectivity index (χ1) is 16.8. The first-order valence-electron chi connectivity index (χ1n) is 10.8. The molecule has 3 aromatic rings. The third-order valence-electron chi connectivity index (χ3n) is 5.93. The number of methoxy groups -OCH3 is 2. The number of Topliss-reactive ketones (excluding diaryl/α,β-unsaturated/α-hetero) is 1. The fourth-order valence-corrected chi connectivity index (χ4v) is 4.39. The average Bonchev–Trinajstić information content (AvgIpc) is 3.14. The first-order valence-corrected chi connectivity index (χ1v) is 11.2. The predicted molar refractivity (Wildman–Crippen MR) is 137 cm³/mol. The van der Waals surface area contributed by atoms with Crippen LogP contribution in [0.25, 0.3) is 5.76 Å². The molecule has 1 N–H and O–H groups in total. The average molecular weight is 493 g/mol. The van der Waals surface area contributed by atoms with Gasteiger partial charge in [0.1, 0.15) is 17.3 Å². The van der Waals surface area contributed by atoms with Gasteiger partial charge in [0.15, 0.2) is 0 Å². The molecule has 1 atom stereocenters. The van der Waals surface area contributed by atoms with E-state index in [1.807, 2.05) is 61.5 Å². The van der Waals surface area contributed by atoms with Crippen LogP contribution in [0.2, 0.25) is 5.02 Å². The summed E-state index contributed by atoms with van der Waals surface area (Å²) >= 11 is 6.31. The third-order valence-corrected chi connectivity index (χ3v) is 6.23. The lowest BCUT2D eigenvalue weighted by atomic mass is 9.94. The number of aliphatic hydroxyl groups excluding tert-OH is 1. The van der Waals surface area contributed by atoms with E-state index in [9.17, 15) is 14.7 Å². The Balaban J connectivity index is 1.94. The lowest BCUT2D eigenvalue weighted by Gasteiger charge is -2.26. The molecule has 35 heavy (non-hydrogen) atoms. The molecule has 0 spiro atoms. The minimum absolute atomic E-state index is 0.0579. The number of ether oxygens (including phenoxy) is 2. The van der Waals surface area contributed by atoms with Crippen LogP contribution in [0, 0.1) is 0 Å². The van der Waals surface area contributed by atoms with Gasteiger partial charge in [0, 0.05) is 31.5 Å². The van der Waals surface area contributed by atoms with Gasteiger partial charge in [-0.05, 0) is 35.9 Å². The fraction of sp³-hybridized carbons (Fsp3) is 0.185. The largest absolute Gasteiger partial charge is 0.507 e. The van der Waals surface area contributed by atoms with Crippen molar-refractivity contribution in [2.75, 3.05) is 38.1 Å². The number of aliphatic hydroxyl groups is 1. The number of carbonyl (C=O) groups excluding carboxylic acids is 2. The van der Waals surface area contributed by atoms with Gasteiger partial charge in [-0.25, -0.2) is 0 Å². The normalized spacial score (nSPS) is 16.9. The van der Waals surface area contributed by atoms with Crippen molar-refractivity contribution in [2.24, 2.45) is 0 Å². The molecule has 0 saturated carbocycles. The number of rotatable bonds is 6. The Bertz CT molecular complexity index is 1300. The van der Waals surface area contributed by atoms with Crippen LogP contribution in [0.5, 0.6) is 11.5 Å². The van der Waals surface area contributed by atoms with Crippen LogP contribution in [-0.4, -0.2) is 45.1 Å². The molecule has 1 aliphatic rings. The quantitative estimate of drug-likeness (QED) is 0.295. The lowest BCUT2D eigenvalue weighted by Crippen LogP contribution is -2.29. The minimum atomic E-state index is -0.855. The van der Waals surface area contributed by atoms with E-state index < -0.39 is 17.7 Å². The summed E-state index contributed by atoms with van der Waals surface area (Å²) in [5.74, 6) is -1.33. The second-order valence-electron chi connectivity index (χ2n) is 8.18. The molecule has 0 radical (unpaired) electrons. The van der Waals surface area contributed by atoms with Crippen molar-refractivity contribution in [3.8, 4) is 11.5 Å². The molecule has 0 aromatic heterocycles. The zero-order valence-electron chi connectivity index (χ0n) is 19.8. The van der Waals surface area contributed by atoms with Gasteiger partial charge in [0.05, 0.1) is 36.4 Å². The fourth-order valence-electron chi connectivity index (χ4n) is 4.15. The molecule has 1 amide bonds. The molecule has 4 rings (SSSR count). The molecular formula is C27H25ClN2O5. The summed E-state index contributed by atoms with van der Waals surface area (Å²) in [6.45, 7) is 0. The highest BCUT2D eigenvalue weighted by molar-refractivity contribution is 6.51. The summed E-state index contributed by atoms with van der Waals surface area (Å²) in [4.78, 5) is 30.0. The highest BCUT2D eigenvalue weighted by atomic mass is 35.5. The van der Waals surface area contributed by atoms with Crippen LogP contribution in [-0.2, 0) is 9.59 Å². The van der Waals surface area contributed by atoms with Gasteiger partial charge < -0.3 is 19.5 Å². The van der Waals surface area contributed by atoms with Crippen molar-refractivity contribution in [1.82, 2.24) is 0 Å². The Kier molecular flexibility index (Phi) is 6.71. The van der Waals surface area contributed by atoms with E-state index in [1.165, 1.54) is 31.3 Å². The SMILES string of the molecule is COc1cc(OC)c(/C(O)=C2\C(=O)C(=O)N(c3ccc(N(C)C)cc3)C2c2ccccc2)cc1Cl. The van der Waals surface area contributed by atoms with Crippen molar-refractivity contribution < 1.29 is 24.2 Å². The second kappa shape index (κ2) is 9.72. The summed E-state index contributed by atoms with van der Waals surface area (Å²) in [5.41, 5.74) is 2.27. The number of nitrogens with zero attached hydrogens (tertiary/aromatic N) is 2. The van der Waals surface area contributed by atoms with Crippen LogP contribution < -0.4 is 19.3 Å². The van der Waals surface area contributed by atoms with Crippen LogP contribution in [0.15, 0.2) is 72.3 Å². The molecule has 1 unspecified atom stereocenters. The summed E-state index contributed by atoms with van der Waals surface area (Å²) in [7, 11) is 6.72. The van der Waals surface area contributed by atoms with Gasteiger partial charge in [-0.3, -0.25) is 14.5 Å². The standard InChI is InChI=1S/C27H25ClN2O5/c1-29(2)17-10-12-18(13-11-17)30-24(16-8-6-5-7-9-16)23(26(32)27(30)33)25(31)19-14-20(28)22(35-4)15-21(19)34-3/h5-15,24,31H,1-4H3/b25-23+. The maximum atomic E-state index is 13.4. The maximum Gasteiger partial charge on any atom is 0.300 e. The molecule has 1 aliphatic heterocycles. The van der Waals surface area contributed by atoms with Gasteiger partial charge in [-0.2, -0.15) is 0 Å². The second-order valence-corrected chi connectivity index (χ2v) is 8.58. The molecule has 180 valence electrons. The van der Waals surface area contributed by atoms with Crippen molar-refractivity contribution in [3.63, 3.8) is 0 Å². The molecule has 3 aromatic carbocycles. The summed E-state index contributed by atoms with van der Waals surface area (Å²) in [6, 6.07) is 18.5. The van der Waals surface area contributed by atoms with Crippen LogP contribution in [0.3, 0.4) is 0 Å². The topological polar surface area (TPSA) is 79.3 Å². The van der Waals surface area contributed by atoms with Crippen LogP contribution >= 0.6 is 11.6 Å². The maximum absolute atomic E-state index is 13.4. The first kappa shape index (κ1) is 24.2. The molecule has 0 aliphatic carbocycles.